The summed E-state index contributed by atoms with van der Waals surface area (Å²) in [6.07, 6.45) is 0. The third kappa shape index (κ3) is 4.32. The van der Waals surface area contributed by atoms with Gasteiger partial charge in [0.1, 0.15) is 11.2 Å². The van der Waals surface area contributed by atoms with Gasteiger partial charge in [0.15, 0.2) is 0 Å². The number of anilines is 1. The van der Waals surface area contributed by atoms with Crippen LogP contribution in [-0.4, -0.2) is 5.91 Å². The molecular formula is C31H19NO5. The number of rotatable bonds is 4. The molecule has 0 radical (unpaired) electrons. The summed E-state index contributed by atoms with van der Waals surface area (Å²) >= 11 is 0. The van der Waals surface area contributed by atoms with Gasteiger partial charge in [0.25, 0.3) is 5.91 Å². The first-order valence-electron chi connectivity index (χ1n) is 11.6. The molecular weight excluding hydrogens is 466 g/mol. The van der Waals surface area contributed by atoms with Crippen molar-refractivity contribution >= 4 is 33.5 Å². The molecule has 6 rings (SSSR count). The fourth-order valence-corrected chi connectivity index (χ4v) is 4.30. The zero-order valence-electron chi connectivity index (χ0n) is 19.4. The molecule has 0 aliphatic heterocycles. The minimum atomic E-state index is -0.448. The third-order valence-corrected chi connectivity index (χ3v) is 6.17. The van der Waals surface area contributed by atoms with Crippen LogP contribution in [-0.2, 0) is 0 Å². The molecule has 0 unspecified atom stereocenters. The van der Waals surface area contributed by atoms with Crippen LogP contribution in [0.25, 0.3) is 44.2 Å². The average Bonchev–Trinajstić information content (AvgIpc) is 2.92. The topological polar surface area (TPSA) is 89.5 Å². The first-order valence-corrected chi connectivity index (χ1v) is 11.6. The number of amides is 1. The van der Waals surface area contributed by atoms with Gasteiger partial charge < -0.3 is 14.2 Å². The van der Waals surface area contributed by atoms with Crippen LogP contribution in [0.15, 0.2) is 128 Å². The molecule has 0 spiro atoms. The van der Waals surface area contributed by atoms with Gasteiger partial charge in [-0.2, -0.15) is 0 Å². The number of hydrogen-bond acceptors (Lipinski definition) is 5. The Morgan fingerprint density at radius 1 is 0.568 bits per heavy atom. The lowest BCUT2D eigenvalue weighted by Crippen LogP contribution is -2.12. The molecule has 1 amide bonds. The molecule has 1 N–H and O–H groups in total. The predicted molar refractivity (Wildman–Crippen MR) is 144 cm³/mol. The minimum absolute atomic E-state index is 0.320. The van der Waals surface area contributed by atoms with E-state index >= 15 is 0 Å². The van der Waals surface area contributed by atoms with E-state index in [2.05, 4.69) is 5.32 Å². The zero-order chi connectivity index (χ0) is 25.4. The molecule has 178 valence electrons. The Balaban J connectivity index is 1.25. The van der Waals surface area contributed by atoms with Crippen molar-refractivity contribution in [2.45, 2.75) is 0 Å². The van der Waals surface area contributed by atoms with E-state index in [1.165, 1.54) is 0 Å². The van der Waals surface area contributed by atoms with Crippen LogP contribution in [0.3, 0.4) is 0 Å². The number of para-hydroxylation sites is 2. The standard InChI is InChI=1S/C31H19NO5/c33-29(20-14-12-19(13-15-20)25-17-22-6-1-3-10-27(22)36-30(25)34)32-24-9-5-8-21(16-24)26-18-23-7-2-4-11-28(23)37-31(26)35/h1-18H,(H,32,33). The van der Waals surface area contributed by atoms with Crippen molar-refractivity contribution in [2.24, 2.45) is 0 Å². The fourth-order valence-electron chi connectivity index (χ4n) is 4.30. The van der Waals surface area contributed by atoms with E-state index in [9.17, 15) is 14.4 Å². The van der Waals surface area contributed by atoms with Crippen LogP contribution in [0.1, 0.15) is 10.4 Å². The summed E-state index contributed by atoms with van der Waals surface area (Å²) in [4.78, 5) is 37.9. The van der Waals surface area contributed by atoms with E-state index in [1.54, 1.807) is 72.8 Å². The van der Waals surface area contributed by atoms with Crippen molar-refractivity contribution in [1.29, 1.82) is 0 Å². The van der Waals surface area contributed by atoms with E-state index in [1.807, 2.05) is 36.4 Å². The largest absolute Gasteiger partial charge is 0.422 e. The highest BCUT2D eigenvalue weighted by Crippen LogP contribution is 2.25. The molecule has 4 aromatic carbocycles. The SMILES string of the molecule is O=C(Nc1cccc(-c2cc3ccccc3oc2=O)c1)c1ccc(-c2cc3ccccc3oc2=O)cc1. The van der Waals surface area contributed by atoms with Gasteiger partial charge in [-0.25, -0.2) is 9.59 Å². The molecule has 0 fully saturated rings. The molecule has 6 aromatic rings. The van der Waals surface area contributed by atoms with Gasteiger partial charge in [-0.1, -0.05) is 60.7 Å². The summed E-state index contributed by atoms with van der Waals surface area (Å²) < 4.78 is 10.9. The van der Waals surface area contributed by atoms with Crippen molar-refractivity contribution in [3.8, 4) is 22.3 Å². The van der Waals surface area contributed by atoms with E-state index in [0.717, 1.165) is 10.8 Å². The van der Waals surface area contributed by atoms with Gasteiger partial charge >= 0.3 is 11.3 Å². The number of fused-ring (bicyclic) bond motifs is 2. The molecule has 0 saturated heterocycles. The minimum Gasteiger partial charge on any atom is -0.422 e. The summed E-state index contributed by atoms with van der Waals surface area (Å²) in [7, 11) is 0. The predicted octanol–water partition coefficient (Wildman–Crippen LogP) is 6.49. The molecule has 0 aliphatic carbocycles. The highest BCUT2D eigenvalue weighted by Gasteiger charge is 2.12. The molecule has 37 heavy (non-hydrogen) atoms. The molecule has 2 aromatic heterocycles. The Hall–Kier alpha value is -5.23. The van der Waals surface area contributed by atoms with Crippen molar-refractivity contribution in [3.63, 3.8) is 0 Å². The zero-order valence-corrected chi connectivity index (χ0v) is 19.4. The smallest absolute Gasteiger partial charge is 0.344 e. The Labute approximate surface area is 210 Å². The summed E-state index contributed by atoms with van der Waals surface area (Å²) in [5.41, 5.74) is 3.24. The summed E-state index contributed by atoms with van der Waals surface area (Å²) in [6.45, 7) is 0. The number of nitrogens with one attached hydrogen (secondary N) is 1. The average molecular weight is 485 g/mol. The molecule has 0 aliphatic rings. The van der Waals surface area contributed by atoms with E-state index in [4.69, 9.17) is 8.83 Å². The summed E-state index contributed by atoms with van der Waals surface area (Å²) in [5, 5.41) is 4.50. The molecule has 0 atom stereocenters. The maximum atomic E-state index is 12.9. The Kier molecular flexibility index (Phi) is 5.47. The molecule has 2 heterocycles. The van der Waals surface area contributed by atoms with Gasteiger partial charge in [0, 0.05) is 22.0 Å². The Bertz CT molecular complexity index is 1920. The number of carbonyl (C=O) groups excluding carboxylic acids is 1. The lowest BCUT2D eigenvalue weighted by atomic mass is 10.0. The van der Waals surface area contributed by atoms with Crippen LogP contribution < -0.4 is 16.6 Å². The van der Waals surface area contributed by atoms with Crippen molar-refractivity contribution in [3.05, 3.63) is 136 Å². The molecule has 6 nitrogen and oxygen atoms in total. The van der Waals surface area contributed by atoms with E-state index in [-0.39, 0.29) is 5.91 Å². The first-order chi connectivity index (χ1) is 18.0. The van der Waals surface area contributed by atoms with Gasteiger partial charge in [-0.15, -0.1) is 0 Å². The monoisotopic (exact) mass is 485 g/mol. The number of hydrogen-bond donors (Lipinski definition) is 1. The van der Waals surface area contributed by atoms with Crippen LogP contribution in [0, 0.1) is 0 Å². The normalized spacial score (nSPS) is 11.0. The lowest BCUT2D eigenvalue weighted by molar-refractivity contribution is 0.102. The van der Waals surface area contributed by atoms with Crippen LogP contribution >= 0.6 is 0 Å². The second-order valence-electron chi connectivity index (χ2n) is 8.58. The van der Waals surface area contributed by atoms with Crippen molar-refractivity contribution < 1.29 is 13.6 Å². The van der Waals surface area contributed by atoms with Gasteiger partial charge in [-0.05, 0) is 59.7 Å². The van der Waals surface area contributed by atoms with Crippen molar-refractivity contribution in [2.75, 3.05) is 5.32 Å². The maximum absolute atomic E-state index is 12.9. The van der Waals surface area contributed by atoms with Crippen LogP contribution in [0.2, 0.25) is 0 Å². The number of benzene rings is 4. The van der Waals surface area contributed by atoms with Gasteiger partial charge in [0.2, 0.25) is 0 Å². The maximum Gasteiger partial charge on any atom is 0.344 e. The van der Waals surface area contributed by atoms with Gasteiger partial charge in [0.05, 0.1) is 11.1 Å². The lowest BCUT2D eigenvalue weighted by Gasteiger charge is -2.09. The molecule has 0 saturated carbocycles. The molecule has 6 heteroatoms. The Morgan fingerprint density at radius 2 is 1.14 bits per heavy atom. The number of carbonyl (C=O) groups is 1. The second kappa shape index (κ2) is 9.09. The van der Waals surface area contributed by atoms with Crippen molar-refractivity contribution in [1.82, 2.24) is 0 Å². The first kappa shape index (κ1) is 22.2. The third-order valence-electron chi connectivity index (χ3n) is 6.17. The second-order valence-corrected chi connectivity index (χ2v) is 8.58. The summed E-state index contributed by atoms with van der Waals surface area (Å²) in [6, 6.07) is 31.9. The van der Waals surface area contributed by atoms with E-state index < -0.39 is 11.3 Å². The molecule has 0 bridgehead atoms. The van der Waals surface area contributed by atoms with Crippen LogP contribution in [0.5, 0.6) is 0 Å². The quantitative estimate of drug-likeness (QED) is 0.289. The van der Waals surface area contributed by atoms with Gasteiger partial charge in [-0.3, -0.25) is 4.79 Å². The summed E-state index contributed by atoms with van der Waals surface area (Å²) in [5.74, 6) is -0.320. The van der Waals surface area contributed by atoms with E-state index in [0.29, 0.717) is 44.7 Å². The highest BCUT2D eigenvalue weighted by molar-refractivity contribution is 6.04. The highest BCUT2D eigenvalue weighted by atomic mass is 16.4. The fraction of sp³-hybridized carbons (Fsp3) is 0. The van der Waals surface area contributed by atoms with Crippen LogP contribution in [0.4, 0.5) is 5.69 Å². The Morgan fingerprint density at radius 3 is 1.76 bits per heavy atom.